The van der Waals surface area contributed by atoms with Gasteiger partial charge in [0, 0.05) is 12.2 Å². The van der Waals surface area contributed by atoms with Gasteiger partial charge in [-0.2, -0.15) is 0 Å². The molecule has 1 unspecified atom stereocenters. The summed E-state index contributed by atoms with van der Waals surface area (Å²) < 4.78 is 19.6. The SMILES string of the molecule is [CH2]C(OCC)(c1ccccc1F)N(CC)CC. The van der Waals surface area contributed by atoms with Crippen LogP contribution in [0, 0.1) is 12.7 Å². The zero-order chi connectivity index (χ0) is 12.9. The Kier molecular flexibility index (Phi) is 5.09. The summed E-state index contributed by atoms with van der Waals surface area (Å²) in [5, 5.41) is 0. The van der Waals surface area contributed by atoms with Gasteiger partial charge in [0.2, 0.25) is 0 Å². The third-order valence-corrected chi connectivity index (χ3v) is 2.95. The van der Waals surface area contributed by atoms with Crippen LogP contribution in [0.5, 0.6) is 0 Å². The maximum absolute atomic E-state index is 13.9. The molecule has 0 saturated carbocycles. The predicted octanol–water partition coefficient (Wildman–Crippen LogP) is 3.19. The lowest BCUT2D eigenvalue weighted by atomic mass is 10.0. The highest BCUT2D eigenvalue weighted by molar-refractivity contribution is 5.25. The van der Waals surface area contributed by atoms with Gasteiger partial charge in [-0.05, 0) is 33.0 Å². The van der Waals surface area contributed by atoms with Crippen LogP contribution in [0.1, 0.15) is 26.3 Å². The van der Waals surface area contributed by atoms with Gasteiger partial charge in [-0.3, -0.25) is 4.90 Å². The molecule has 0 saturated heterocycles. The fourth-order valence-electron chi connectivity index (χ4n) is 2.09. The monoisotopic (exact) mass is 238 g/mol. The van der Waals surface area contributed by atoms with E-state index in [0.717, 1.165) is 13.1 Å². The van der Waals surface area contributed by atoms with Crippen LogP contribution < -0.4 is 0 Å². The molecule has 1 aromatic rings. The van der Waals surface area contributed by atoms with Gasteiger partial charge in [0.25, 0.3) is 0 Å². The van der Waals surface area contributed by atoms with Crippen molar-refractivity contribution in [2.45, 2.75) is 26.5 Å². The van der Waals surface area contributed by atoms with Gasteiger partial charge in [0.05, 0.1) is 0 Å². The van der Waals surface area contributed by atoms with Gasteiger partial charge in [0.1, 0.15) is 5.82 Å². The van der Waals surface area contributed by atoms with Crippen LogP contribution in [-0.2, 0) is 10.5 Å². The van der Waals surface area contributed by atoms with E-state index in [1.165, 1.54) is 6.07 Å². The second-order valence-electron chi connectivity index (χ2n) is 3.87. The zero-order valence-electron chi connectivity index (χ0n) is 10.9. The molecule has 0 fully saturated rings. The van der Waals surface area contributed by atoms with E-state index >= 15 is 0 Å². The molecule has 0 aliphatic heterocycles. The molecular formula is C14H21FNO. The van der Waals surface area contributed by atoms with Crippen molar-refractivity contribution in [2.75, 3.05) is 19.7 Å². The van der Waals surface area contributed by atoms with Gasteiger partial charge < -0.3 is 4.74 Å². The molecule has 0 aliphatic carbocycles. The van der Waals surface area contributed by atoms with E-state index in [4.69, 9.17) is 4.74 Å². The van der Waals surface area contributed by atoms with Crippen LogP contribution in [0.15, 0.2) is 24.3 Å². The highest BCUT2D eigenvalue weighted by Crippen LogP contribution is 2.30. The van der Waals surface area contributed by atoms with E-state index in [-0.39, 0.29) is 5.82 Å². The van der Waals surface area contributed by atoms with Crippen molar-refractivity contribution < 1.29 is 9.13 Å². The number of hydrogen-bond acceptors (Lipinski definition) is 2. The summed E-state index contributed by atoms with van der Waals surface area (Å²) in [5.74, 6) is -0.275. The van der Waals surface area contributed by atoms with Crippen molar-refractivity contribution >= 4 is 0 Å². The molecule has 0 heterocycles. The molecule has 1 radical (unpaired) electrons. The van der Waals surface area contributed by atoms with Crippen molar-refractivity contribution in [2.24, 2.45) is 0 Å². The number of rotatable bonds is 6. The van der Waals surface area contributed by atoms with Crippen molar-refractivity contribution in [3.8, 4) is 0 Å². The van der Waals surface area contributed by atoms with E-state index in [2.05, 4.69) is 6.92 Å². The summed E-state index contributed by atoms with van der Waals surface area (Å²) in [4.78, 5) is 2.01. The Morgan fingerprint density at radius 2 is 1.82 bits per heavy atom. The average Bonchev–Trinajstić information content (AvgIpc) is 2.31. The fraction of sp³-hybridized carbons (Fsp3) is 0.500. The van der Waals surface area contributed by atoms with Gasteiger partial charge >= 0.3 is 0 Å². The van der Waals surface area contributed by atoms with Gasteiger partial charge in [-0.15, -0.1) is 0 Å². The molecule has 1 rings (SSSR count). The minimum atomic E-state index is -0.941. The van der Waals surface area contributed by atoms with Crippen LogP contribution in [-0.4, -0.2) is 24.6 Å². The molecule has 0 aliphatic rings. The highest BCUT2D eigenvalue weighted by Gasteiger charge is 2.35. The topological polar surface area (TPSA) is 12.5 Å². The average molecular weight is 238 g/mol. The van der Waals surface area contributed by atoms with Crippen LogP contribution in [0.2, 0.25) is 0 Å². The number of nitrogens with zero attached hydrogens (tertiary/aromatic N) is 1. The minimum absolute atomic E-state index is 0.275. The summed E-state index contributed by atoms with van der Waals surface area (Å²) in [6, 6.07) is 6.66. The first-order valence-electron chi connectivity index (χ1n) is 6.09. The number of benzene rings is 1. The first-order valence-corrected chi connectivity index (χ1v) is 6.09. The summed E-state index contributed by atoms with van der Waals surface area (Å²) in [7, 11) is 0. The lowest BCUT2D eigenvalue weighted by molar-refractivity contribution is -0.126. The molecule has 0 spiro atoms. The molecule has 0 bridgehead atoms. The molecule has 2 nitrogen and oxygen atoms in total. The number of hydrogen-bond donors (Lipinski definition) is 0. The Balaban J connectivity index is 3.19. The third-order valence-electron chi connectivity index (χ3n) is 2.95. The summed E-state index contributed by atoms with van der Waals surface area (Å²) >= 11 is 0. The van der Waals surface area contributed by atoms with Crippen molar-refractivity contribution in [1.82, 2.24) is 4.90 Å². The highest BCUT2D eigenvalue weighted by atomic mass is 19.1. The smallest absolute Gasteiger partial charge is 0.150 e. The van der Waals surface area contributed by atoms with Crippen molar-refractivity contribution in [3.63, 3.8) is 0 Å². The largest absolute Gasteiger partial charge is 0.356 e. The van der Waals surface area contributed by atoms with E-state index in [0.29, 0.717) is 12.2 Å². The first kappa shape index (κ1) is 14.1. The zero-order valence-corrected chi connectivity index (χ0v) is 10.9. The van der Waals surface area contributed by atoms with Crippen LogP contribution in [0.25, 0.3) is 0 Å². The second-order valence-corrected chi connectivity index (χ2v) is 3.87. The summed E-state index contributed by atoms with van der Waals surface area (Å²) in [6.45, 7) is 12.0. The summed E-state index contributed by atoms with van der Waals surface area (Å²) in [5.41, 5.74) is -0.450. The lowest BCUT2D eigenvalue weighted by Crippen LogP contribution is -2.46. The van der Waals surface area contributed by atoms with Crippen molar-refractivity contribution in [1.29, 1.82) is 0 Å². The Labute approximate surface area is 103 Å². The van der Waals surface area contributed by atoms with E-state index in [9.17, 15) is 4.39 Å². The first-order chi connectivity index (χ1) is 8.10. The minimum Gasteiger partial charge on any atom is -0.356 e. The lowest BCUT2D eigenvalue weighted by Gasteiger charge is -2.40. The maximum Gasteiger partial charge on any atom is 0.150 e. The molecular weight excluding hydrogens is 217 g/mol. The van der Waals surface area contributed by atoms with Crippen LogP contribution >= 0.6 is 0 Å². The Morgan fingerprint density at radius 3 is 2.29 bits per heavy atom. The molecule has 1 atom stereocenters. The molecule has 17 heavy (non-hydrogen) atoms. The molecule has 0 N–H and O–H groups in total. The van der Waals surface area contributed by atoms with Crippen molar-refractivity contribution in [3.05, 3.63) is 42.6 Å². The molecule has 0 amide bonds. The predicted molar refractivity (Wildman–Crippen MR) is 68.0 cm³/mol. The van der Waals surface area contributed by atoms with E-state index < -0.39 is 5.72 Å². The maximum atomic E-state index is 13.9. The number of ether oxygens (including phenoxy) is 1. The molecule has 95 valence electrons. The number of halogens is 1. The Morgan fingerprint density at radius 1 is 1.24 bits per heavy atom. The normalized spacial score (nSPS) is 14.9. The van der Waals surface area contributed by atoms with Gasteiger partial charge in [-0.1, -0.05) is 32.0 Å². The van der Waals surface area contributed by atoms with Crippen LogP contribution in [0.4, 0.5) is 4.39 Å². The van der Waals surface area contributed by atoms with E-state index in [1.54, 1.807) is 18.2 Å². The second kappa shape index (κ2) is 6.12. The van der Waals surface area contributed by atoms with Crippen LogP contribution in [0.3, 0.4) is 0 Å². The molecule has 1 aromatic carbocycles. The van der Waals surface area contributed by atoms with Gasteiger partial charge in [0.15, 0.2) is 5.72 Å². The quantitative estimate of drug-likeness (QED) is 0.706. The van der Waals surface area contributed by atoms with E-state index in [1.807, 2.05) is 25.7 Å². The van der Waals surface area contributed by atoms with Gasteiger partial charge in [-0.25, -0.2) is 4.39 Å². The third kappa shape index (κ3) is 2.85. The summed E-state index contributed by atoms with van der Waals surface area (Å²) in [6.07, 6.45) is 0. The standard InChI is InChI=1S/C14H21FNO/c1-5-16(6-2)14(4,17-7-3)12-10-8-9-11-13(12)15/h8-11H,4-7H2,1-3H3. The Bertz CT molecular complexity index is 352. The molecule has 0 aromatic heterocycles. The Hall–Kier alpha value is -0.930. The molecule has 3 heteroatoms. The fourth-order valence-corrected chi connectivity index (χ4v) is 2.09.